The van der Waals surface area contributed by atoms with E-state index in [2.05, 4.69) is 10.6 Å². The molecule has 0 fully saturated rings. The molecule has 152 valence electrons. The molecule has 1 unspecified atom stereocenters. The molecule has 8 heteroatoms. The molecule has 3 aromatic carbocycles. The second-order valence-corrected chi connectivity index (χ2v) is 6.26. The molecule has 0 aromatic heterocycles. The van der Waals surface area contributed by atoms with Gasteiger partial charge in [-0.3, -0.25) is 4.79 Å². The van der Waals surface area contributed by atoms with Gasteiger partial charge in [-0.2, -0.15) is 0 Å². The third-order valence-electron chi connectivity index (χ3n) is 4.07. The zero-order valence-corrected chi connectivity index (χ0v) is 15.7. The number of nitrogens with two attached hydrogens (primary N) is 1. The van der Waals surface area contributed by atoms with Crippen molar-refractivity contribution < 1.29 is 23.5 Å². The van der Waals surface area contributed by atoms with E-state index in [1.165, 1.54) is 48.5 Å². The van der Waals surface area contributed by atoms with E-state index in [0.29, 0.717) is 16.9 Å². The first-order chi connectivity index (χ1) is 14.4. The number of halogens is 1. The quantitative estimate of drug-likeness (QED) is 0.539. The molecule has 1 atom stereocenters. The number of ether oxygens (including phenoxy) is 1. The minimum atomic E-state index is -1.23. The summed E-state index contributed by atoms with van der Waals surface area (Å²) in [5.74, 6) is -1.76. The highest BCUT2D eigenvalue weighted by molar-refractivity contribution is 5.98. The third-order valence-corrected chi connectivity index (χ3v) is 4.07. The summed E-state index contributed by atoms with van der Waals surface area (Å²) in [5, 5.41) is 4.99. The molecule has 0 aliphatic rings. The summed E-state index contributed by atoms with van der Waals surface area (Å²) in [6.07, 6.45) is -1.23. The van der Waals surface area contributed by atoms with E-state index in [1.807, 2.05) is 0 Å². The van der Waals surface area contributed by atoms with Gasteiger partial charge in [0.25, 0.3) is 5.91 Å². The van der Waals surface area contributed by atoms with Crippen LogP contribution in [0.3, 0.4) is 0 Å². The number of hydrogen-bond acceptors (Lipinski definition) is 4. The molecule has 3 amide bonds. The average molecular weight is 407 g/mol. The van der Waals surface area contributed by atoms with Crippen molar-refractivity contribution in [1.29, 1.82) is 0 Å². The fourth-order valence-corrected chi connectivity index (χ4v) is 2.65. The monoisotopic (exact) mass is 407 g/mol. The van der Waals surface area contributed by atoms with Crippen molar-refractivity contribution in [1.82, 2.24) is 0 Å². The van der Waals surface area contributed by atoms with Gasteiger partial charge in [-0.25, -0.2) is 14.0 Å². The van der Waals surface area contributed by atoms with E-state index in [4.69, 9.17) is 10.5 Å². The van der Waals surface area contributed by atoms with Crippen LogP contribution in [0.2, 0.25) is 0 Å². The number of carbonyl (C=O) groups is 3. The first-order valence-electron chi connectivity index (χ1n) is 8.91. The van der Waals surface area contributed by atoms with E-state index < -0.39 is 29.8 Å². The van der Waals surface area contributed by atoms with Crippen LogP contribution in [-0.4, -0.2) is 17.9 Å². The second-order valence-electron chi connectivity index (χ2n) is 6.26. The van der Waals surface area contributed by atoms with Gasteiger partial charge >= 0.3 is 12.0 Å². The molecule has 30 heavy (non-hydrogen) atoms. The zero-order valence-electron chi connectivity index (χ0n) is 15.7. The van der Waals surface area contributed by atoms with Crippen LogP contribution in [0.1, 0.15) is 22.0 Å². The predicted molar refractivity (Wildman–Crippen MR) is 109 cm³/mol. The minimum absolute atomic E-state index is 0.181. The van der Waals surface area contributed by atoms with Crippen molar-refractivity contribution in [3.05, 3.63) is 95.8 Å². The summed E-state index contributed by atoms with van der Waals surface area (Å²) in [6, 6.07) is 18.8. The summed E-state index contributed by atoms with van der Waals surface area (Å²) >= 11 is 0. The molecular formula is C22H18FN3O4. The first kappa shape index (κ1) is 20.5. The highest BCUT2D eigenvalue weighted by Crippen LogP contribution is 2.22. The van der Waals surface area contributed by atoms with Gasteiger partial charge in [0.15, 0.2) is 0 Å². The predicted octanol–water partition coefficient (Wildman–Crippen LogP) is 3.85. The van der Waals surface area contributed by atoms with Crippen molar-refractivity contribution >= 4 is 29.3 Å². The Kier molecular flexibility index (Phi) is 6.39. The van der Waals surface area contributed by atoms with Gasteiger partial charge in [-0.05, 0) is 48.5 Å². The van der Waals surface area contributed by atoms with E-state index in [1.54, 1.807) is 30.3 Å². The Bertz CT molecular complexity index is 1040. The smallest absolute Gasteiger partial charge is 0.339 e. The Morgan fingerprint density at radius 3 is 1.97 bits per heavy atom. The van der Waals surface area contributed by atoms with Crippen molar-refractivity contribution in [2.45, 2.75) is 6.10 Å². The number of nitrogens with one attached hydrogen (secondary N) is 2. The van der Waals surface area contributed by atoms with E-state index in [9.17, 15) is 18.8 Å². The fraction of sp³-hybridized carbons (Fsp3) is 0.0455. The molecule has 0 saturated carbocycles. The molecule has 0 radical (unpaired) electrons. The Labute approximate surface area is 171 Å². The zero-order chi connectivity index (χ0) is 21.5. The number of urea groups is 1. The molecule has 3 aromatic rings. The fourth-order valence-electron chi connectivity index (χ4n) is 2.65. The van der Waals surface area contributed by atoms with Gasteiger partial charge in [0.1, 0.15) is 5.82 Å². The number of primary amides is 1. The number of rotatable bonds is 6. The van der Waals surface area contributed by atoms with Gasteiger partial charge in [-0.1, -0.05) is 30.3 Å². The maximum absolute atomic E-state index is 13.1. The summed E-state index contributed by atoms with van der Waals surface area (Å²) < 4.78 is 18.6. The highest BCUT2D eigenvalue weighted by Gasteiger charge is 2.26. The van der Waals surface area contributed by atoms with Gasteiger partial charge in [0.05, 0.1) is 5.56 Å². The van der Waals surface area contributed by atoms with Crippen molar-refractivity contribution in [3.63, 3.8) is 0 Å². The summed E-state index contributed by atoms with van der Waals surface area (Å²) in [7, 11) is 0. The topological polar surface area (TPSA) is 111 Å². The lowest BCUT2D eigenvalue weighted by Gasteiger charge is -2.18. The van der Waals surface area contributed by atoms with Crippen LogP contribution in [0.15, 0.2) is 78.9 Å². The number of amides is 3. The second kappa shape index (κ2) is 9.33. The van der Waals surface area contributed by atoms with E-state index >= 15 is 0 Å². The van der Waals surface area contributed by atoms with Gasteiger partial charge in [0, 0.05) is 16.9 Å². The molecule has 0 aliphatic heterocycles. The maximum Gasteiger partial charge on any atom is 0.339 e. The molecule has 0 aliphatic carbocycles. The average Bonchev–Trinajstić information content (AvgIpc) is 2.74. The highest BCUT2D eigenvalue weighted by atomic mass is 19.1. The Hall–Kier alpha value is -4.20. The van der Waals surface area contributed by atoms with Crippen LogP contribution in [0.25, 0.3) is 0 Å². The number of anilines is 2. The van der Waals surface area contributed by atoms with Gasteiger partial charge < -0.3 is 21.1 Å². The lowest BCUT2D eigenvalue weighted by atomic mass is 10.1. The Balaban J connectivity index is 1.78. The van der Waals surface area contributed by atoms with Crippen LogP contribution < -0.4 is 16.4 Å². The summed E-state index contributed by atoms with van der Waals surface area (Å²) in [6.45, 7) is 0. The van der Waals surface area contributed by atoms with Gasteiger partial charge in [-0.15, -0.1) is 0 Å². The molecule has 0 spiro atoms. The van der Waals surface area contributed by atoms with Crippen molar-refractivity contribution in [2.75, 3.05) is 10.6 Å². The Morgan fingerprint density at radius 1 is 0.800 bits per heavy atom. The van der Waals surface area contributed by atoms with E-state index in [-0.39, 0.29) is 5.56 Å². The molecule has 7 nitrogen and oxygen atoms in total. The molecule has 4 N–H and O–H groups in total. The first-order valence-corrected chi connectivity index (χ1v) is 8.91. The normalized spacial score (nSPS) is 11.2. The maximum atomic E-state index is 13.1. The summed E-state index contributed by atoms with van der Waals surface area (Å²) in [5.41, 5.74) is 6.47. The molecule has 0 bridgehead atoms. The van der Waals surface area contributed by atoms with Crippen LogP contribution in [-0.2, 0) is 9.53 Å². The van der Waals surface area contributed by atoms with Crippen LogP contribution in [0.5, 0.6) is 0 Å². The van der Waals surface area contributed by atoms with E-state index in [0.717, 1.165) is 0 Å². The van der Waals surface area contributed by atoms with Crippen LogP contribution in [0, 0.1) is 5.82 Å². The molecular weight excluding hydrogens is 389 g/mol. The van der Waals surface area contributed by atoms with Crippen molar-refractivity contribution in [3.8, 4) is 0 Å². The number of benzene rings is 3. The van der Waals surface area contributed by atoms with Crippen molar-refractivity contribution in [2.24, 2.45) is 5.73 Å². The number of esters is 1. The standard InChI is InChI=1S/C22H18FN3O4/c23-16-8-12-17(13-9-16)25-20(27)19(14-4-2-1-3-5-14)30-21(28)15-6-10-18(11-7-15)26-22(24)29/h1-13,19H,(H,25,27)(H3,24,26,29). The van der Waals surface area contributed by atoms with Gasteiger partial charge in [0.2, 0.25) is 6.10 Å². The van der Waals surface area contributed by atoms with Crippen LogP contribution >= 0.6 is 0 Å². The number of carbonyl (C=O) groups excluding carboxylic acids is 3. The van der Waals surface area contributed by atoms with Crippen LogP contribution in [0.4, 0.5) is 20.6 Å². The minimum Gasteiger partial charge on any atom is -0.444 e. The third kappa shape index (κ3) is 5.41. The lowest BCUT2D eigenvalue weighted by Crippen LogP contribution is -2.26. The summed E-state index contributed by atoms with van der Waals surface area (Å²) in [4.78, 5) is 36.3. The SMILES string of the molecule is NC(=O)Nc1ccc(C(=O)OC(C(=O)Nc2ccc(F)cc2)c2ccccc2)cc1. The molecule has 0 heterocycles. The number of hydrogen-bond donors (Lipinski definition) is 3. The Morgan fingerprint density at radius 2 is 1.37 bits per heavy atom. The molecule has 3 rings (SSSR count). The largest absolute Gasteiger partial charge is 0.444 e. The lowest BCUT2D eigenvalue weighted by molar-refractivity contribution is -0.125. The molecule has 0 saturated heterocycles.